The van der Waals surface area contributed by atoms with Gasteiger partial charge in [-0.3, -0.25) is 0 Å². The number of hydrogen-bond acceptors (Lipinski definition) is 4. The first-order valence-electron chi connectivity index (χ1n) is 5.45. The number of aromatic nitrogens is 1. The van der Waals surface area contributed by atoms with Crippen LogP contribution in [0.25, 0.3) is 0 Å². The second-order valence-electron chi connectivity index (χ2n) is 4.00. The average Bonchev–Trinajstić information content (AvgIpc) is 2.30. The maximum Gasteiger partial charge on any atom is 0.490 e. The van der Waals surface area contributed by atoms with Gasteiger partial charge in [0.1, 0.15) is 5.82 Å². The van der Waals surface area contributed by atoms with Crippen LogP contribution < -0.4 is 10.4 Å². The fraction of sp³-hybridized carbons (Fsp3) is 0.500. The number of nitrogens with zero attached hydrogens (tertiary/aromatic N) is 2. The lowest BCUT2D eigenvalue weighted by molar-refractivity contribution is 0.425. The van der Waals surface area contributed by atoms with E-state index in [9.17, 15) is 0 Å². The molecule has 0 unspecified atom stereocenters. The number of pyridine rings is 1. The lowest BCUT2D eigenvalue weighted by atomic mass is 9.82. The third-order valence-electron chi connectivity index (χ3n) is 2.80. The summed E-state index contributed by atoms with van der Waals surface area (Å²) < 4.78 is 0.819. The summed E-state index contributed by atoms with van der Waals surface area (Å²) in [6, 6.07) is 1.71. The first-order valence-corrected chi connectivity index (χ1v) is 6.24. The smallest absolute Gasteiger partial charge is 0.423 e. The highest BCUT2D eigenvalue weighted by Gasteiger charge is 2.18. The molecule has 4 nitrogen and oxygen atoms in total. The van der Waals surface area contributed by atoms with E-state index >= 15 is 0 Å². The fourth-order valence-corrected chi connectivity index (χ4v) is 2.54. The van der Waals surface area contributed by atoms with Crippen molar-refractivity contribution in [2.45, 2.75) is 19.3 Å². The normalized spacial score (nSPS) is 16.3. The maximum atomic E-state index is 9.03. The fourth-order valence-electron chi connectivity index (χ4n) is 1.93. The third kappa shape index (κ3) is 2.56. The van der Waals surface area contributed by atoms with Crippen molar-refractivity contribution >= 4 is 34.3 Å². The number of halogens is 1. The van der Waals surface area contributed by atoms with E-state index < -0.39 is 7.12 Å². The topological polar surface area (TPSA) is 56.6 Å². The monoisotopic (exact) mass is 284 g/mol. The van der Waals surface area contributed by atoms with E-state index in [0.717, 1.165) is 23.4 Å². The van der Waals surface area contributed by atoms with Crippen LogP contribution in [-0.4, -0.2) is 35.2 Å². The van der Waals surface area contributed by atoms with Gasteiger partial charge in [0.2, 0.25) is 0 Å². The van der Waals surface area contributed by atoms with Gasteiger partial charge in [0.25, 0.3) is 0 Å². The quantitative estimate of drug-likeness (QED) is 0.778. The van der Waals surface area contributed by atoms with Gasteiger partial charge < -0.3 is 14.9 Å². The summed E-state index contributed by atoms with van der Waals surface area (Å²) in [5, 5.41) is 18.1. The van der Waals surface area contributed by atoms with Crippen molar-refractivity contribution in [3.8, 4) is 0 Å². The predicted molar refractivity (Wildman–Crippen MR) is 67.8 cm³/mol. The van der Waals surface area contributed by atoms with Crippen molar-refractivity contribution in [2.24, 2.45) is 0 Å². The lowest BCUT2D eigenvalue weighted by Crippen LogP contribution is -2.33. The van der Waals surface area contributed by atoms with Crippen LogP contribution in [0.3, 0.4) is 0 Å². The maximum absolute atomic E-state index is 9.03. The molecule has 0 aliphatic carbocycles. The van der Waals surface area contributed by atoms with Crippen LogP contribution in [0, 0.1) is 0 Å². The van der Waals surface area contributed by atoms with E-state index in [0.29, 0.717) is 5.46 Å². The molecule has 0 bridgehead atoms. The van der Waals surface area contributed by atoms with Crippen LogP contribution in [0.2, 0.25) is 0 Å². The van der Waals surface area contributed by atoms with Gasteiger partial charge in [0, 0.05) is 24.7 Å². The minimum absolute atomic E-state index is 0.410. The van der Waals surface area contributed by atoms with Gasteiger partial charge in [-0.15, -0.1) is 0 Å². The third-order valence-corrected chi connectivity index (χ3v) is 3.38. The van der Waals surface area contributed by atoms with Gasteiger partial charge in [-0.25, -0.2) is 4.98 Å². The van der Waals surface area contributed by atoms with Crippen LogP contribution in [0.5, 0.6) is 0 Å². The van der Waals surface area contributed by atoms with Crippen molar-refractivity contribution in [3.63, 3.8) is 0 Å². The van der Waals surface area contributed by atoms with Crippen LogP contribution in [-0.2, 0) is 0 Å². The van der Waals surface area contributed by atoms with Crippen molar-refractivity contribution in [1.29, 1.82) is 0 Å². The first-order chi connectivity index (χ1) is 7.68. The molecule has 2 rings (SSSR count). The number of piperidine rings is 1. The summed E-state index contributed by atoms with van der Waals surface area (Å²) in [4.78, 5) is 6.51. The molecule has 0 radical (unpaired) electrons. The standard InChI is InChI=1S/C10H14BBrN2O2/c12-9-6-8(11(15)16)7-13-10(9)14-4-2-1-3-5-14/h6-7,15-16H,1-5H2. The highest BCUT2D eigenvalue weighted by atomic mass is 79.9. The molecule has 0 aromatic carbocycles. The summed E-state index contributed by atoms with van der Waals surface area (Å²) >= 11 is 3.42. The van der Waals surface area contributed by atoms with Gasteiger partial charge in [0.15, 0.2) is 0 Å². The molecule has 1 fully saturated rings. The largest absolute Gasteiger partial charge is 0.490 e. The molecule has 1 saturated heterocycles. The molecule has 0 spiro atoms. The number of hydrogen-bond donors (Lipinski definition) is 2. The highest BCUT2D eigenvalue weighted by molar-refractivity contribution is 9.10. The second kappa shape index (κ2) is 5.16. The van der Waals surface area contributed by atoms with Gasteiger partial charge in [-0.1, -0.05) is 0 Å². The van der Waals surface area contributed by atoms with E-state index in [2.05, 4.69) is 25.8 Å². The Bertz CT molecular complexity index is 370. The molecule has 1 aliphatic heterocycles. The Labute approximate surface area is 104 Å². The molecule has 0 saturated carbocycles. The van der Waals surface area contributed by atoms with Crippen LogP contribution in [0.15, 0.2) is 16.7 Å². The Balaban J connectivity index is 2.21. The zero-order chi connectivity index (χ0) is 11.5. The molecule has 86 valence electrons. The van der Waals surface area contributed by atoms with E-state index in [1.165, 1.54) is 25.5 Å². The van der Waals surface area contributed by atoms with Crippen LogP contribution >= 0.6 is 15.9 Å². The summed E-state index contributed by atoms with van der Waals surface area (Å²) in [7, 11) is -1.46. The molecule has 16 heavy (non-hydrogen) atoms. The second-order valence-corrected chi connectivity index (χ2v) is 4.85. The van der Waals surface area contributed by atoms with Gasteiger partial charge in [-0.2, -0.15) is 0 Å². The minimum atomic E-state index is -1.46. The van der Waals surface area contributed by atoms with E-state index in [4.69, 9.17) is 10.0 Å². The molecule has 0 amide bonds. The Hall–Kier alpha value is -0.585. The molecule has 0 atom stereocenters. The van der Waals surface area contributed by atoms with E-state index in [-0.39, 0.29) is 0 Å². The van der Waals surface area contributed by atoms with Gasteiger partial charge in [0.05, 0.1) is 4.47 Å². The molecule has 1 aromatic heterocycles. The molecule has 2 heterocycles. The predicted octanol–water partition coefficient (Wildman–Crippen LogP) is 0.514. The average molecular weight is 285 g/mol. The zero-order valence-electron chi connectivity index (χ0n) is 8.93. The van der Waals surface area contributed by atoms with E-state index in [1.807, 2.05) is 0 Å². The van der Waals surface area contributed by atoms with Crippen molar-refractivity contribution in [1.82, 2.24) is 4.98 Å². The van der Waals surface area contributed by atoms with Gasteiger partial charge >= 0.3 is 7.12 Å². The van der Waals surface area contributed by atoms with E-state index in [1.54, 1.807) is 6.07 Å². The summed E-state index contributed by atoms with van der Waals surface area (Å²) in [5.41, 5.74) is 0.410. The zero-order valence-corrected chi connectivity index (χ0v) is 10.5. The molecular formula is C10H14BBrN2O2. The SMILES string of the molecule is OB(O)c1cnc(N2CCCCC2)c(Br)c1. The first kappa shape index (κ1) is 11.9. The Morgan fingerprint density at radius 2 is 1.94 bits per heavy atom. The molecule has 1 aromatic rings. The summed E-state index contributed by atoms with van der Waals surface area (Å²) in [6.07, 6.45) is 5.18. The molecule has 1 aliphatic rings. The van der Waals surface area contributed by atoms with Crippen LogP contribution in [0.1, 0.15) is 19.3 Å². The van der Waals surface area contributed by atoms with Crippen molar-refractivity contribution in [3.05, 3.63) is 16.7 Å². The minimum Gasteiger partial charge on any atom is -0.423 e. The number of rotatable bonds is 2. The molecule has 2 N–H and O–H groups in total. The lowest BCUT2D eigenvalue weighted by Gasteiger charge is -2.28. The Kier molecular flexibility index (Phi) is 3.84. The van der Waals surface area contributed by atoms with Crippen molar-refractivity contribution < 1.29 is 10.0 Å². The molecular weight excluding hydrogens is 271 g/mol. The molecule has 6 heteroatoms. The Morgan fingerprint density at radius 3 is 2.50 bits per heavy atom. The Morgan fingerprint density at radius 1 is 1.25 bits per heavy atom. The highest BCUT2D eigenvalue weighted by Crippen LogP contribution is 2.25. The summed E-state index contributed by atoms with van der Waals surface area (Å²) in [5.74, 6) is 0.893. The van der Waals surface area contributed by atoms with Crippen molar-refractivity contribution in [2.75, 3.05) is 18.0 Å². The number of anilines is 1. The van der Waals surface area contributed by atoms with Gasteiger partial charge in [-0.05, 0) is 41.3 Å². The van der Waals surface area contributed by atoms with Crippen LogP contribution in [0.4, 0.5) is 5.82 Å². The summed E-state index contributed by atoms with van der Waals surface area (Å²) in [6.45, 7) is 2.04.